The molecule has 3 heterocycles. The summed E-state index contributed by atoms with van der Waals surface area (Å²) in [4.78, 5) is 25.4. The van der Waals surface area contributed by atoms with Gasteiger partial charge in [0.1, 0.15) is 29.8 Å². The molecule has 3 aromatic heterocycles. The third-order valence-electron chi connectivity index (χ3n) is 7.62. The van der Waals surface area contributed by atoms with Crippen LogP contribution in [0.15, 0.2) is 36.5 Å². The fraction of sp³-hybridized carbons (Fsp3) is 0.467. The van der Waals surface area contributed by atoms with Gasteiger partial charge in [0.05, 0.1) is 29.9 Å². The monoisotopic (exact) mass is 614 g/mol. The lowest BCUT2D eigenvalue weighted by Gasteiger charge is -2.46. The van der Waals surface area contributed by atoms with Crippen LogP contribution in [0, 0.1) is 5.41 Å². The van der Waals surface area contributed by atoms with Crippen molar-refractivity contribution in [1.82, 2.24) is 24.7 Å². The summed E-state index contributed by atoms with van der Waals surface area (Å²) in [6.07, 6.45) is 3.28. The fourth-order valence-corrected chi connectivity index (χ4v) is 5.76. The number of nitrogens with one attached hydrogen (secondary N) is 1. The van der Waals surface area contributed by atoms with Crippen LogP contribution >= 0.6 is 0 Å². The molecule has 12 nitrogen and oxygen atoms in total. The van der Waals surface area contributed by atoms with Gasteiger partial charge in [0.25, 0.3) is 11.8 Å². The SMILES string of the molecule is COc1ccc2c(C(N)=O)c(OC3CC(C)(C[C@H](C)NC(=O)c4nn(C(F)F)c5cc(OCC(C)(C)O)ccc45)C3)nn2c1. The van der Waals surface area contributed by atoms with Crippen LogP contribution in [0.25, 0.3) is 16.4 Å². The molecule has 0 unspecified atom stereocenters. The number of carbonyl (C=O) groups is 2. The summed E-state index contributed by atoms with van der Waals surface area (Å²) in [7, 11) is 1.53. The van der Waals surface area contributed by atoms with E-state index < -0.39 is 24.0 Å². The zero-order valence-electron chi connectivity index (χ0n) is 25.1. The van der Waals surface area contributed by atoms with Crippen molar-refractivity contribution in [2.75, 3.05) is 13.7 Å². The minimum absolute atomic E-state index is 0.0396. The van der Waals surface area contributed by atoms with E-state index in [-0.39, 0.29) is 58.0 Å². The molecule has 1 aromatic carbocycles. The maximum atomic E-state index is 13.8. The number of hydrogen-bond donors (Lipinski definition) is 3. The van der Waals surface area contributed by atoms with E-state index >= 15 is 0 Å². The molecule has 4 aromatic rings. The summed E-state index contributed by atoms with van der Waals surface area (Å²) in [5, 5.41) is 21.3. The first kappa shape index (κ1) is 31.0. The number of methoxy groups -OCH3 is 1. The molecule has 44 heavy (non-hydrogen) atoms. The predicted octanol–water partition coefficient (Wildman–Crippen LogP) is 4.09. The molecule has 0 aliphatic heterocycles. The Hall–Kier alpha value is -4.46. The Bertz CT molecular complexity index is 1710. The van der Waals surface area contributed by atoms with E-state index in [2.05, 4.69) is 22.4 Å². The largest absolute Gasteiger partial charge is 0.495 e. The number of carbonyl (C=O) groups excluding carboxylic acids is 2. The highest BCUT2D eigenvalue weighted by atomic mass is 19.3. The van der Waals surface area contributed by atoms with Gasteiger partial charge in [-0.25, -0.2) is 9.20 Å². The molecule has 1 saturated carbocycles. The number of benzene rings is 1. The van der Waals surface area contributed by atoms with Gasteiger partial charge in [0.15, 0.2) is 5.69 Å². The summed E-state index contributed by atoms with van der Waals surface area (Å²) in [5.41, 5.74) is 4.93. The van der Waals surface area contributed by atoms with E-state index in [0.29, 0.717) is 35.2 Å². The van der Waals surface area contributed by atoms with E-state index in [1.165, 1.54) is 23.8 Å². The average molecular weight is 615 g/mol. The number of ether oxygens (including phenoxy) is 3. The summed E-state index contributed by atoms with van der Waals surface area (Å²) < 4.78 is 46.4. The Morgan fingerprint density at radius 1 is 1.18 bits per heavy atom. The second-order valence-corrected chi connectivity index (χ2v) is 12.3. The van der Waals surface area contributed by atoms with Crippen molar-refractivity contribution >= 4 is 28.2 Å². The predicted molar refractivity (Wildman–Crippen MR) is 156 cm³/mol. The average Bonchev–Trinajstić information content (AvgIpc) is 3.48. The molecule has 1 fully saturated rings. The van der Waals surface area contributed by atoms with Gasteiger partial charge in [0.2, 0.25) is 5.88 Å². The number of nitrogens with zero attached hydrogens (tertiary/aromatic N) is 4. The van der Waals surface area contributed by atoms with Crippen LogP contribution in [0.1, 0.15) is 74.4 Å². The van der Waals surface area contributed by atoms with E-state index in [1.807, 2.05) is 6.92 Å². The van der Waals surface area contributed by atoms with Gasteiger partial charge in [-0.1, -0.05) is 6.92 Å². The molecular formula is C30H36F2N6O6. The quantitative estimate of drug-likeness (QED) is 0.216. The molecule has 0 bridgehead atoms. The lowest BCUT2D eigenvalue weighted by atomic mass is 9.65. The van der Waals surface area contributed by atoms with Crippen LogP contribution in [0.4, 0.5) is 8.78 Å². The summed E-state index contributed by atoms with van der Waals surface area (Å²) in [6, 6.07) is 7.51. The summed E-state index contributed by atoms with van der Waals surface area (Å²) in [5.74, 6) is -0.256. The second kappa shape index (κ2) is 11.6. The number of aliphatic hydroxyl groups is 1. The Morgan fingerprint density at radius 3 is 2.52 bits per heavy atom. The van der Waals surface area contributed by atoms with Gasteiger partial charge < -0.3 is 30.4 Å². The zero-order chi connectivity index (χ0) is 32.0. The molecule has 1 aliphatic carbocycles. The Balaban J connectivity index is 1.23. The number of hydrogen-bond acceptors (Lipinski definition) is 8. The van der Waals surface area contributed by atoms with E-state index in [9.17, 15) is 23.5 Å². The van der Waals surface area contributed by atoms with Crippen molar-refractivity contribution in [3.05, 3.63) is 47.8 Å². The van der Waals surface area contributed by atoms with Gasteiger partial charge in [0, 0.05) is 17.5 Å². The van der Waals surface area contributed by atoms with Gasteiger partial charge >= 0.3 is 6.55 Å². The minimum Gasteiger partial charge on any atom is -0.495 e. The Labute approximate surface area is 252 Å². The first-order valence-electron chi connectivity index (χ1n) is 14.2. The number of nitrogens with two attached hydrogens (primary N) is 1. The van der Waals surface area contributed by atoms with Crippen LogP contribution in [0.5, 0.6) is 17.4 Å². The first-order valence-corrected chi connectivity index (χ1v) is 14.2. The van der Waals surface area contributed by atoms with Crippen molar-refractivity contribution in [2.24, 2.45) is 11.1 Å². The third-order valence-corrected chi connectivity index (χ3v) is 7.62. The number of alkyl halides is 2. The molecule has 236 valence electrons. The van der Waals surface area contributed by atoms with Gasteiger partial charge in [-0.15, -0.1) is 5.10 Å². The maximum absolute atomic E-state index is 13.8. The van der Waals surface area contributed by atoms with Crippen molar-refractivity contribution in [3.8, 4) is 17.4 Å². The molecule has 0 saturated heterocycles. The van der Waals surface area contributed by atoms with Crippen molar-refractivity contribution < 1.29 is 37.7 Å². The van der Waals surface area contributed by atoms with Crippen LogP contribution in [-0.4, -0.2) is 67.8 Å². The van der Waals surface area contributed by atoms with E-state index in [0.717, 1.165) is 0 Å². The lowest BCUT2D eigenvalue weighted by Crippen LogP contribution is -2.46. The molecular weight excluding hydrogens is 578 g/mol. The fourth-order valence-electron chi connectivity index (χ4n) is 5.76. The molecule has 4 N–H and O–H groups in total. The van der Waals surface area contributed by atoms with Crippen molar-refractivity contribution in [3.63, 3.8) is 0 Å². The van der Waals surface area contributed by atoms with Gasteiger partial charge in [-0.2, -0.15) is 13.9 Å². The van der Waals surface area contributed by atoms with Gasteiger partial charge in [-0.05, 0) is 69.7 Å². The number of halogens is 2. The minimum atomic E-state index is -2.98. The Morgan fingerprint density at radius 2 is 1.89 bits per heavy atom. The van der Waals surface area contributed by atoms with Gasteiger partial charge in [-0.3, -0.25) is 9.59 Å². The van der Waals surface area contributed by atoms with Crippen molar-refractivity contribution in [2.45, 2.75) is 71.3 Å². The highest BCUT2D eigenvalue weighted by molar-refractivity contribution is 6.05. The molecule has 0 radical (unpaired) electrons. The maximum Gasteiger partial charge on any atom is 0.333 e. The molecule has 5 rings (SSSR count). The normalized spacial score (nSPS) is 19.2. The molecule has 14 heteroatoms. The van der Waals surface area contributed by atoms with E-state index in [1.54, 1.807) is 38.2 Å². The summed E-state index contributed by atoms with van der Waals surface area (Å²) >= 11 is 0. The van der Waals surface area contributed by atoms with Crippen LogP contribution in [0.2, 0.25) is 0 Å². The van der Waals surface area contributed by atoms with Crippen LogP contribution < -0.4 is 25.3 Å². The van der Waals surface area contributed by atoms with Crippen molar-refractivity contribution in [1.29, 1.82) is 0 Å². The number of primary amides is 1. The Kier molecular flexibility index (Phi) is 8.14. The first-order chi connectivity index (χ1) is 20.7. The third kappa shape index (κ3) is 6.39. The number of pyridine rings is 1. The lowest BCUT2D eigenvalue weighted by molar-refractivity contribution is -0.0154. The molecule has 1 atom stereocenters. The van der Waals surface area contributed by atoms with Crippen LogP contribution in [0.3, 0.4) is 0 Å². The molecule has 0 spiro atoms. The highest BCUT2D eigenvalue weighted by Crippen LogP contribution is 2.46. The highest BCUT2D eigenvalue weighted by Gasteiger charge is 2.43. The second-order valence-electron chi connectivity index (χ2n) is 12.3. The molecule has 2 amide bonds. The molecule has 1 aliphatic rings. The van der Waals surface area contributed by atoms with Crippen LogP contribution in [-0.2, 0) is 0 Å². The zero-order valence-corrected chi connectivity index (χ0v) is 25.1. The number of amides is 2. The smallest absolute Gasteiger partial charge is 0.333 e. The van der Waals surface area contributed by atoms with E-state index in [4.69, 9.17) is 19.9 Å². The summed E-state index contributed by atoms with van der Waals surface area (Å²) in [6.45, 7) is 4.01. The number of aromatic nitrogens is 4. The standard InChI is InChI=1S/C30H36F2N6O6/c1-16(34-26(40)24-20-8-6-17(43-15-29(2,3)41)10-22(20)38(35-24)28(31)32)11-30(4)12-19(13-30)44-27-23(25(33)39)21-9-7-18(42-5)14-37(21)36-27/h6-10,14,16,19,28,41H,11-13,15H2,1-5H3,(H2,33,39)(H,34,40)/t16-,19?,30?/m0/s1. The number of fused-ring (bicyclic) bond motifs is 2. The number of rotatable bonds is 12. The topological polar surface area (TPSA) is 155 Å².